The highest BCUT2D eigenvalue weighted by Crippen LogP contribution is 2.37. The van der Waals surface area contributed by atoms with Crippen molar-refractivity contribution in [1.29, 1.82) is 0 Å². The van der Waals surface area contributed by atoms with Gasteiger partial charge in [0, 0.05) is 16.5 Å². The van der Waals surface area contributed by atoms with Crippen molar-refractivity contribution < 1.29 is 4.42 Å². The summed E-state index contributed by atoms with van der Waals surface area (Å²) in [5, 5.41) is 2.14. The second-order valence-corrected chi connectivity index (χ2v) is 13.2. The molecule has 0 aliphatic rings. The molecule has 0 N–H and O–H groups in total. The highest BCUT2D eigenvalue weighted by molar-refractivity contribution is 6.07. The van der Waals surface area contributed by atoms with Crippen LogP contribution in [0.1, 0.15) is 0 Å². The quantitative estimate of drug-likeness (QED) is 0.190. The van der Waals surface area contributed by atoms with E-state index in [0.717, 1.165) is 100 Å². The first-order valence-electron chi connectivity index (χ1n) is 17.1. The van der Waals surface area contributed by atoms with Crippen molar-refractivity contribution in [3.8, 4) is 22.5 Å². The van der Waals surface area contributed by atoms with Crippen molar-refractivity contribution in [3.63, 3.8) is 0 Å². The van der Waals surface area contributed by atoms with Gasteiger partial charge in [0.2, 0.25) is 11.6 Å². The first-order valence-corrected chi connectivity index (χ1v) is 17.1. The zero-order valence-corrected chi connectivity index (χ0v) is 27.1. The molecule has 51 heavy (non-hydrogen) atoms. The Balaban J connectivity index is 1.04. The molecule has 0 fully saturated rings. The Morgan fingerprint density at radius 1 is 0.373 bits per heavy atom. The van der Waals surface area contributed by atoms with E-state index in [-0.39, 0.29) is 0 Å². The molecular formula is C44H26N6O. The molecule has 0 aliphatic carbocycles. The molecule has 0 radical (unpaired) electrons. The van der Waals surface area contributed by atoms with E-state index in [4.69, 9.17) is 14.4 Å². The summed E-state index contributed by atoms with van der Waals surface area (Å²) in [6.45, 7) is 0. The smallest absolute Gasteiger partial charge is 0.220 e. The Labute approximate surface area is 289 Å². The Bertz CT molecular complexity index is 3390. The second kappa shape index (κ2) is 9.74. The number of benzene rings is 7. The number of imidazole rings is 4. The third-order valence-corrected chi connectivity index (χ3v) is 10.4. The van der Waals surface area contributed by atoms with Gasteiger partial charge >= 0.3 is 0 Å². The number of rotatable bonds is 3. The number of fused-ring (bicyclic) bond motifs is 13. The first kappa shape index (κ1) is 26.8. The van der Waals surface area contributed by atoms with Gasteiger partial charge in [-0.3, -0.25) is 17.9 Å². The van der Waals surface area contributed by atoms with Crippen LogP contribution in [0.2, 0.25) is 0 Å². The van der Waals surface area contributed by atoms with Crippen molar-refractivity contribution in [3.05, 3.63) is 158 Å². The molecule has 12 aromatic rings. The molecule has 7 nitrogen and oxygen atoms in total. The lowest BCUT2D eigenvalue weighted by Crippen LogP contribution is -1.95. The number of furan rings is 1. The summed E-state index contributed by atoms with van der Waals surface area (Å²) in [7, 11) is 0. The van der Waals surface area contributed by atoms with E-state index in [9.17, 15) is 0 Å². The van der Waals surface area contributed by atoms with Crippen LogP contribution in [0.25, 0.3) is 100 Å². The Morgan fingerprint density at radius 2 is 0.863 bits per heavy atom. The molecular weight excluding hydrogens is 629 g/mol. The normalized spacial score (nSPS) is 12.3. The summed E-state index contributed by atoms with van der Waals surface area (Å²) in [6, 6.07) is 55.3. The lowest BCUT2D eigenvalue weighted by Gasteiger charge is -2.09. The third kappa shape index (κ3) is 3.61. The molecule has 5 aromatic heterocycles. The van der Waals surface area contributed by atoms with Gasteiger partial charge in [0.25, 0.3) is 0 Å². The summed E-state index contributed by atoms with van der Waals surface area (Å²) in [6.07, 6.45) is 0. The van der Waals surface area contributed by atoms with Crippen molar-refractivity contribution in [1.82, 2.24) is 27.9 Å². The summed E-state index contributed by atoms with van der Waals surface area (Å²) in [5.74, 6) is 1.79. The summed E-state index contributed by atoms with van der Waals surface area (Å²) < 4.78 is 15.4. The molecule has 0 saturated carbocycles. The lowest BCUT2D eigenvalue weighted by atomic mass is 10.0. The highest BCUT2D eigenvalue weighted by Gasteiger charge is 2.20. The lowest BCUT2D eigenvalue weighted by molar-refractivity contribution is 0.669. The van der Waals surface area contributed by atoms with Crippen molar-refractivity contribution in [2.45, 2.75) is 0 Å². The second-order valence-electron chi connectivity index (χ2n) is 13.2. The maximum atomic E-state index is 6.40. The summed E-state index contributed by atoms with van der Waals surface area (Å²) in [5.41, 5.74) is 14.7. The average molecular weight is 655 g/mol. The van der Waals surface area contributed by atoms with Gasteiger partial charge in [0.15, 0.2) is 0 Å². The zero-order chi connectivity index (χ0) is 33.2. The SMILES string of the molecule is c1cc(-c2ccc3oc4ccc(-n5c6ccccc6n6c7ccccc7nc56)cc4c3c2)cc(-n2c3ccccc3n3c4ccccc4nc23)c1. The molecule has 5 heterocycles. The monoisotopic (exact) mass is 654 g/mol. The van der Waals surface area contributed by atoms with Crippen LogP contribution in [0, 0.1) is 0 Å². The molecule has 238 valence electrons. The van der Waals surface area contributed by atoms with Gasteiger partial charge < -0.3 is 4.42 Å². The predicted molar refractivity (Wildman–Crippen MR) is 205 cm³/mol. The standard InChI is InChI=1S/C44H26N6O/c1-3-14-35-33(12-1)45-43-47(37-16-5-7-18-39(37)49(35)43)29-11-9-10-27(24-29)28-20-22-41-31(25-28)32-26-30(21-23-42(32)51-41)48-38-17-6-8-19-40(38)50-36-15-4-2-13-34(36)46-44(48)50/h1-26H. The van der Waals surface area contributed by atoms with Crippen LogP contribution in [0.5, 0.6) is 0 Å². The third-order valence-electron chi connectivity index (χ3n) is 10.4. The molecule has 0 spiro atoms. The number of aromatic nitrogens is 6. The summed E-state index contributed by atoms with van der Waals surface area (Å²) >= 11 is 0. The van der Waals surface area contributed by atoms with Crippen LogP contribution < -0.4 is 0 Å². The molecule has 0 amide bonds. The fourth-order valence-electron chi connectivity index (χ4n) is 8.12. The minimum Gasteiger partial charge on any atom is -0.456 e. The molecule has 0 saturated heterocycles. The maximum absolute atomic E-state index is 6.40. The van der Waals surface area contributed by atoms with E-state index >= 15 is 0 Å². The highest BCUT2D eigenvalue weighted by atomic mass is 16.3. The molecule has 0 unspecified atom stereocenters. The van der Waals surface area contributed by atoms with E-state index in [0.29, 0.717) is 0 Å². The predicted octanol–water partition coefficient (Wildman–Crippen LogP) is 10.7. The molecule has 7 heteroatoms. The van der Waals surface area contributed by atoms with Gasteiger partial charge in [-0.25, -0.2) is 9.97 Å². The number of hydrogen-bond acceptors (Lipinski definition) is 3. The average Bonchev–Trinajstić information content (AvgIpc) is 3.97. The van der Waals surface area contributed by atoms with Gasteiger partial charge in [-0.2, -0.15) is 0 Å². The Kier molecular flexibility index (Phi) is 5.12. The fourth-order valence-corrected chi connectivity index (χ4v) is 8.12. The fraction of sp³-hybridized carbons (Fsp3) is 0. The number of hydrogen-bond donors (Lipinski definition) is 0. The molecule has 0 aliphatic heterocycles. The minimum atomic E-state index is 0.855. The van der Waals surface area contributed by atoms with Crippen LogP contribution in [0.4, 0.5) is 0 Å². The topological polar surface area (TPSA) is 57.6 Å². The zero-order valence-electron chi connectivity index (χ0n) is 27.1. The van der Waals surface area contributed by atoms with Gasteiger partial charge in [0.05, 0.1) is 49.8 Å². The van der Waals surface area contributed by atoms with Crippen LogP contribution >= 0.6 is 0 Å². The molecule has 0 bridgehead atoms. The van der Waals surface area contributed by atoms with Crippen LogP contribution in [0.15, 0.2) is 162 Å². The molecule has 7 aromatic carbocycles. The van der Waals surface area contributed by atoms with E-state index in [1.165, 1.54) is 0 Å². The first-order chi connectivity index (χ1) is 25.3. The summed E-state index contributed by atoms with van der Waals surface area (Å²) in [4.78, 5) is 10.2. The number of nitrogens with zero attached hydrogens (tertiary/aromatic N) is 6. The minimum absolute atomic E-state index is 0.855. The van der Waals surface area contributed by atoms with Gasteiger partial charge in [-0.1, -0.05) is 66.7 Å². The van der Waals surface area contributed by atoms with Crippen molar-refractivity contribution in [2.75, 3.05) is 0 Å². The largest absolute Gasteiger partial charge is 0.456 e. The number of para-hydroxylation sites is 8. The van der Waals surface area contributed by atoms with Gasteiger partial charge in [0.1, 0.15) is 11.2 Å². The van der Waals surface area contributed by atoms with Crippen molar-refractivity contribution >= 4 is 77.6 Å². The van der Waals surface area contributed by atoms with Crippen LogP contribution in [0.3, 0.4) is 0 Å². The molecule has 0 atom stereocenters. The van der Waals surface area contributed by atoms with Gasteiger partial charge in [-0.15, -0.1) is 0 Å². The Hall–Kier alpha value is -7.12. The van der Waals surface area contributed by atoms with E-state index in [1.54, 1.807) is 0 Å². The van der Waals surface area contributed by atoms with E-state index in [2.05, 4.69) is 164 Å². The van der Waals surface area contributed by atoms with Crippen molar-refractivity contribution in [2.24, 2.45) is 0 Å². The maximum Gasteiger partial charge on any atom is 0.220 e. The van der Waals surface area contributed by atoms with Crippen LogP contribution in [-0.2, 0) is 0 Å². The van der Waals surface area contributed by atoms with E-state index < -0.39 is 0 Å². The van der Waals surface area contributed by atoms with Gasteiger partial charge in [-0.05, 0) is 102 Å². The van der Waals surface area contributed by atoms with E-state index in [1.807, 2.05) is 12.1 Å². The Morgan fingerprint density at radius 3 is 1.49 bits per heavy atom. The van der Waals surface area contributed by atoms with Crippen LogP contribution in [-0.4, -0.2) is 27.9 Å². The molecule has 12 rings (SSSR count).